The summed E-state index contributed by atoms with van der Waals surface area (Å²) in [7, 11) is 1.96. The SMILES string of the molecule is Cc1nc(-c2nccn2C)cc([C@@H]2CCCN(C(=O)c3ccccc3)C2)n1. The van der Waals surface area contributed by atoms with Gasteiger partial charge in [0, 0.05) is 49.7 Å². The lowest BCUT2D eigenvalue weighted by molar-refractivity contribution is 0.0706. The Hall–Kier alpha value is -3.02. The van der Waals surface area contributed by atoms with Gasteiger partial charge in [-0.05, 0) is 38.0 Å². The Morgan fingerprint density at radius 2 is 2.00 bits per heavy atom. The third-order valence-corrected chi connectivity index (χ3v) is 5.06. The quantitative estimate of drug-likeness (QED) is 0.719. The average molecular weight is 361 g/mol. The largest absolute Gasteiger partial charge is 0.338 e. The molecule has 0 saturated carbocycles. The number of hydrogen-bond donors (Lipinski definition) is 0. The van der Waals surface area contributed by atoms with Crippen molar-refractivity contribution in [1.29, 1.82) is 0 Å². The van der Waals surface area contributed by atoms with E-state index in [9.17, 15) is 4.79 Å². The molecule has 1 amide bonds. The summed E-state index contributed by atoms with van der Waals surface area (Å²) in [5.41, 5.74) is 2.56. The molecular weight excluding hydrogens is 338 g/mol. The second-order valence-corrected chi connectivity index (χ2v) is 7.04. The first kappa shape index (κ1) is 17.4. The molecular formula is C21H23N5O. The minimum absolute atomic E-state index is 0.0930. The van der Waals surface area contributed by atoms with E-state index in [2.05, 4.69) is 15.0 Å². The standard InChI is InChI=1S/C21H23N5O/c1-15-23-18(13-19(24-15)20-22-10-12-25(20)2)17-9-6-11-26(14-17)21(27)16-7-4-3-5-8-16/h3-5,7-8,10,12-13,17H,6,9,11,14H2,1-2H3/t17-/m1/s1. The van der Waals surface area contributed by atoms with E-state index < -0.39 is 0 Å². The molecule has 0 radical (unpaired) electrons. The summed E-state index contributed by atoms with van der Waals surface area (Å²) >= 11 is 0. The van der Waals surface area contributed by atoms with Gasteiger partial charge in [-0.15, -0.1) is 0 Å². The molecule has 1 fully saturated rings. The lowest BCUT2D eigenvalue weighted by atomic mass is 9.93. The molecule has 1 aromatic carbocycles. The molecule has 1 saturated heterocycles. The molecule has 0 aliphatic carbocycles. The monoisotopic (exact) mass is 361 g/mol. The van der Waals surface area contributed by atoms with Crippen LogP contribution in [0.1, 0.15) is 40.6 Å². The number of benzene rings is 1. The van der Waals surface area contributed by atoms with Crippen LogP contribution in [-0.2, 0) is 7.05 Å². The first-order valence-corrected chi connectivity index (χ1v) is 9.29. The Kier molecular flexibility index (Phi) is 4.71. The lowest BCUT2D eigenvalue weighted by Crippen LogP contribution is -2.39. The third kappa shape index (κ3) is 3.60. The van der Waals surface area contributed by atoms with Crippen molar-refractivity contribution in [3.63, 3.8) is 0 Å². The number of aryl methyl sites for hydroxylation is 2. The summed E-state index contributed by atoms with van der Waals surface area (Å²) in [5, 5.41) is 0. The van der Waals surface area contributed by atoms with Crippen molar-refractivity contribution in [2.24, 2.45) is 7.05 Å². The smallest absolute Gasteiger partial charge is 0.253 e. The summed E-state index contributed by atoms with van der Waals surface area (Å²) in [5.74, 6) is 1.87. The number of carbonyl (C=O) groups excluding carboxylic acids is 1. The molecule has 1 aliphatic heterocycles. The third-order valence-electron chi connectivity index (χ3n) is 5.06. The average Bonchev–Trinajstić information content (AvgIpc) is 3.14. The first-order valence-electron chi connectivity index (χ1n) is 9.29. The van der Waals surface area contributed by atoms with Crippen LogP contribution in [0.2, 0.25) is 0 Å². The van der Waals surface area contributed by atoms with Crippen LogP contribution < -0.4 is 0 Å². The van der Waals surface area contributed by atoms with Crippen LogP contribution >= 0.6 is 0 Å². The van der Waals surface area contributed by atoms with Gasteiger partial charge in [-0.1, -0.05) is 18.2 Å². The van der Waals surface area contributed by atoms with Gasteiger partial charge in [0.15, 0.2) is 5.82 Å². The van der Waals surface area contributed by atoms with Crippen LogP contribution in [0, 0.1) is 6.92 Å². The van der Waals surface area contributed by atoms with Crippen molar-refractivity contribution >= 4 is 5.91 Å². The Morgan fingerprint density at radius 1 is 1.19 bits per heavy atom. The van der Waals surface area contributed by atoms with Gasteiger partial charge in [0.25, 0.3) is 5.91 Å². The summed E-state index contributed by atoms with van der Waals surface area (Å²) in [6.07, 6.45) is 5.68. The van der Waals surface area contributed by atoms with Crippen LogP contribution in [-0.4, -0.2) is 43.4 Å². The van der Waals surface area contributed by atoms with Crippen molar-refractivity contribution in [2.75, 3.05) is 13.1 Å². The van der Waals surface area contributed by atoms with Gasteiger partial charge in [0.05, 0.1) is 0 Å². The van der Waals surface area contributed by atoms with Crippen LogP contribution in [0.4, 0.5) is 0 Å². The molecule has 2 aromatic heterocycles. The van der Waals surface area contributed by atoms with E-state index in [1.54, 1.807) is 6.20 Å². The molecule has 138 valence electrons. The zero-order valence-corrected chi connectivity index (χ0v) is 15.7. The topological polar surface area (TPSA) is 63.9 Å². The number of nitrogens with zero attached hydrogens (tertiary/aromatic N) is 5. The highest BCUT2D eigenvalue weighted by atomic mass is 16.2. The number of carbonyl (C=O) groups is 1. The molecule has 3 heterocycles. The lowest BCUT2D eigenvalue weighted by Gasteiger charge is -2.32. The fourth-order valence-corrected chi connectivity index (χ4v) is 3.69. The number of likely N-dealkylation sites (tertiary alicyclic amines) is 1. The Morgan fingerprint density at radius 3 is 2.74 bits per heavy atom. The Balaban J connectivity index is 1.59. The van der Waals surface area contributed by atoms with Crippen LogP contribution in [0.15, 0.2) is 48.8 Å². The number of amides is 1. The molecule has 0 spiro atoms. The second kappa shape index (κ2) is 7.31. The highest BCUT2D eigenvalue weighted by Crippen LogP contribution is 2.28. The summed E-state index contributed by atoms with van der Waals surface area (Å²) in [4.78, 5) is 28.4. The molecule has 4 rings (SSSR count). The summed E-state index contributed by atoms with van der Waals surface area (Å²) in [6.45, 7) is 3.39. The first-order chi connectivity index (χ1) is 13.1. The molecule has 0 N–H and O–H groups in total. The Bertz CT molecular complexity index is 950. The van der Waals surface area contributed by atoms with Gasteiger partial charge in [-0.25, -0.2) is 15.0 Å². The Labute approximate surface area is 158 Å². The van der Waals surface area contributed by atoms with Gasteiger partial charge in [0.2, 0.25) is 0 Å². The van der Waals surface area contributed by atoms with E-state index in [1.807, 2.05) is 66.0 Å². The number of hydrogen-bond acceptors (Lipinski definition) is 4. The minimum atomic E-state index is 0.0930. The van der Waals surface area contributed by atoms with Gasteiger partial charge in [-0.2, -0.15) is 0 Å². The number of piperidine rings is 1. The van der Waals surface area contributed by atoms with Gasteiger partial charge < -0.3 is 9.47 Å². The second-order valence-electron chi connectivity index (χ2n) is 7.04. The van der Waals surface area contributed by atoms with E-state index in [4.69, 9.17) is 0 Å². The summed E-state index contributed by atoms with van der Waals surface area (Å²) in [6, 6.07) is 11.5. The number of imidazole rings is 1. The fraction of sp³-hybridized carbons (Fsp3) is 0.333. The maximum Gasteiger partial charge on any atom is 0.253 e. The number of aromatic nitrogens is 4. The summed E-state index contributed by atoms with van der Waals surface area (Å²) < 4.78 is 1.96. The zero-order chi connectivity index (χ0) is 18.8. The van der Waals surface area contributed by atoms with Crippen molar-refractivity contribution in [1.82, 2.24) is 24.4 Å². The molecule has 0 unspecified atom stereocenters. The van der Waals surface area contributed by atoms with E-state index in [-0.39, 0.29) is 11.8 Å². The van der Waals surface area contributed by atoms with Crippen LogP contribution in [0.5, 0.6) is 0 Å². The maximum atomic E-state index is 12.8. The van der Waals surface area contributed by atoms with E-state index in [0.717, 1.165) is 48.0 Å². The van der Waals surface area contributed by atoms with Crippen LogP contribution in [0.25, 0.3) is 11.5 Å². The molecule has 6 nitrogen and oxygen atoms in total. The van der Waals surface area contributed by atoms with Gasteiger partial charge in [0.1, 0.15) is 11.5 Å². The molecule has 6 heteroatoms. The van der Waals surface area contributed by atoms with Crippen molar-refractivity contribution < 1.29 is 4.79 Å². The predicted molar refractivity (Wildman–Crippen MR) is 103 cm³/mol. The van der Waals surface area contributed by atoms with Crippen molar-refractivity contribution in [3.05, 3.63) is 65.9 Å². The van der Waals surface area contributed by atoms with Gasteiger partial charge in [-0.3, -0.25) is 4.79 Å². The minimum Gasteiger partial charge on any atom is -0.338 e. The zero-order valence-electron chi connectivity index (χ0n) is 15.7. The highest BCUT2D eigenvalue weighted by Gasteiger charge is 2.27. The van der Waals surface area contributed by atoms with E-state index in [0.29, 0.717) is 6.54 Å². The number of rotatable bonds is 3. The molecule has 0 bridgehead atoms. The van der Waals surface area contributed by atoms with Crippen molar-refractivity contribution in [3.8, 4) is 11.5 Å². The molecule has 27 heavy (non-hydrogen) atoms. The fourth-order valence-electron chi connectivity index (χ4n) is 3.69. The molecule has 3 aromatic rings. The van der Waals surface area contributed by atoms with Crippen molar-refractivity contribution in [2.45, 2.75) is 25.7 Å². The van der Waals surface area contributed by atoms with Gasteiger partial charge >= 0.3 is 0 Å². The van der Waals surface area contributed by atoms with E-state index >= 15 is 0 Å². The van der Waals surface area contributed by atoms with Crippen LogP contribution in [0.3, 0.4) is 0 Å². The van der Waals surface area contributed by atoms with E-state index in [1.165, 1.54) is 0 Å². The normalized spacial score (nSPS) is 17.1. The predicted octanol–water partition coefficient (Wildman–Crippen LogP) is 3.21. The molecule has 1 atom stereocenters. The maximum absolute atomic E-state index is 12.8. The highest BCUT2D eigenvalue weighted by molar-refractivity contribution is 5.94. The molecule has 1 aliphatic rings.